The highest BCUT2D eigenvalue weighted by atomic mass is 16.5. The molecule has 0 unspecified atom stereocenters. The Balaban J connectivity index is 1.43. The van der Waals surface area contributed by atoms with Crippen LogP contribution in [0.1, 0.15) is 28.7 Å². The van der Waals surface area contributed by atoms with E-state index in [-0.39, 0.29) is 5.91 Å². The van der Waals surface area contributed by atoms with E-state index in [0.717, 1.165) is 17.9 Å². The van der Waals surface area contributed by atoms with Gasteiger partial charge < -0.3 is 14.6 Å². The molecule has 31 heavy (non-hydrogen) atoms. The smallest absolute Gasteiger partial charge is 0.220 e. The second kappa shape index (κ2) is 9.52. The van der Waals surface area contributed by atoms with Crippen LogP contribution in [0.25, 0.3) is 10.9 Å². The molecule has 0 spiro atoms. The Morgan fingerprint density at radius 1 is 0.935 bits per heavy atom. The van der Waals surface area contributed by atoms with E-state index < -0.39 is 0 Å². The molecule has 0 bridgehead atoms. The van der Waals surface area contributed by atoms with Crippen LogP contribution in [0.5, 0.6) is 5.75 Å². The molecule has 0 fully saturated rings. The van der Waals surface area contributed by atoms with E-state index in [4.69, 9.17) is 4.74 Å². The van der Waals surface area contributed by atoms with Gasteiger partial charge in [-0.2, -0.15) is 0 Å². The molecule has 0 saturated carbocycles. The largest absolute Gasteiger partial charge is 0.496 e. The molecular weight excluding hydrogens is 384 g/mol. The molecule has 1 N–H and O–H groups in total. The first-order valence-corrected chi connectivity index (χ1v) is 10.6. The molecule has 0 saturated heterocycles. The van der Waals surface area contributed by atoms with Crippen molar-refractivity contribution in [1.29, 1.82) is 0 Å². The van der Waals surface area contributed by atoms with Crippen molar-refractivity contribution in [2.75, 3.05) is 7.11 Å². The molecule has 3 aromatic carbocycles. The molecule has 0 radical (unpaired) electrons. The molecule has 4 nitrogen and oxygen atoms in total. The van der Waals surface area contributed by atoms with Crippen molar-refractivity contribution in [1.82, 2.24) is 9.88 Å². The SMILES string of the molecule is COc1ccccc1CNC(=O)CCc1cn(Cc2ccc(C)cc2)c2ccccc12. The molecule has 4 aromatic rings. The highest BCUT2D eigenvalue weighted by Crippen LogP contribution is 2.24. The average Bonchev–Trinajstić information content (AvgIpc) is 3.15. The maximum absolute atomic E-state index is 12.5. The Morgan fingerprint density at radius 2 is 1.68 bits per heavy atom. The molecule has 0 aliphatic heterocycles. The average molecular weight is 413 g/mol. The molecule has 1 aromatic heterocycles. The van der Waals surface area contributed by atoms with Crippen LogP contribution in [-0.4, -0.2) is 17.6 Å². The van der Waals surface area contributed by atoms with Gasteiger partial charge in [0.1, 0.15) is 5.75 Å². The molecular formula is C27H28N2O2. The number of amides is 1. The fourth-order valence-electron chi connectivity index (χ4n) is 3.92. The van der Waals surface area contributed by atoms with Crippen LogP contribution >= 0.6 is 0 Å². The summed E-state index contributed by atoms with van der Waals surface area (Å²) >= 11 is 0. The Hall–Kier alpha value is -3.53. The number of rotatable bonds is 8. The third-order valence-electron chi connectivity index (χ3n) is 5.63. The molecule has 1 amide bonds. The molecule has 4 rings (SSSR count). The second-order valence-corrected chi connectivity index (χ2v) is 7.87. The highest BCUT2D eigenvalue weighted by molar-refractivity contribution is 5.85. The van der Waals surface area contributed by atoms with Gasteiger partial charge in [0.2, 0.25) is 5.91 Å². The first-order valence-electron chi connectivity index (χ1n) is 10.6. The molecule has 1 heterocycles. The van der Waals surface area contributed by atoms with Crippen LogP contribution in [0.2, 0.25) is 0 Å². The van der Waals surface area contributed by atoms with Gasteiger partial charge in [-0.15, -0.1) is 0 Å². The van der Waals surface area contributed by atoms with Crippen molar-refractivity contribution < 1.29 is 9.53 Å². The Bertz CT molecular complexity index is 1180. The minimum Gasteiger partial charge on any atom is -0.496 e. The van der Waals surface area contributed by atoms with E-state index in [2.05, 4.69) is 71.5 Å². The number of hydrogen-bond donors (Lipinski definition) is 1. The van der Waals surface area contributed by atoms with Crippen molar-refractivity contribution in [2.45, 2.75) is 32.9 Å². The van der Waals surface area contributed by atoms with Crippen molar-refractivity contribution in [3.63, 3.8) is 0 Å². The number of benzene rings is 3. The summed E-state index contributed by atoms with van der Waals surface area (Å²) in [4.78, 5) is 12.5. The maximum atomic E-state index is 12.5. The number of carbonyl (C=O) groups excluding carboxylic acids is 1. The van der Waals surface area contributed by atoms with Crippen LogP contribution in [-0.2, 0) is 24.3 Å². The number of aromatic nitrogens is 1. The quantitative estimate of drug-likeness (QED) is 0.429. The lowest BCUT2D eigenvalue weighted by molar-refractivity contribution is -0.121. The van der Waals surface area contributed by atoms with E-state index in [9.17, 15) is 4.79 Å². The number of nitrogens with one attached hydrogen (secondary N) is 1. The monoisotopic (exact) mass is 412 g/mol. The van der Waals surface area contributed by atoms with Crippen LogP contribution < -0.4 is 10.1 Å². The Labute approximate surface area is 183 Å². The molecule has 0 aliphatic carbocycles. The number of carbonyl (C=O) groups is 1. The summed E-state index contributed by atoms with van der Waals surface area (Å²) in [6.45, 7) is 3.39. The fourth-order valence-corrected chi connectivity index (χ4v) is 3.92. The van der Waals surface area contributed by atoms with Crippen molar-refractivity contribution in [2.24, 2.45) is 0 Å². The van der Waals surface area contributed by atoms with Gasteiger partial charge in [0.25, 0.3) is 0 Å². The summed E-state index contributed by atoms with van der Waals surface area (Å²) < 4.78 is 7.64. The second-order valence-electron chi connectivity index (χ2n) is 7.87. The molecule has 0 atom stereocenters. The van der Waals surface area contributed by atoms with Crippen LogP contribution in [0.15, 0.2) is 79.0 Å². The summed E-state index contributed by atoms with van der Waals surface area (Å²) in [6.07, 6.45) is 3.35. The maximum Gasteiger partial charge on any atom is 0.220 e. The van der Waals surface area contributed by atoms with E-state index >= 15 is 0 Å². The number of nitrogens with zero attached hydrogens (tertiary/aromatic N) is 1. The zero-order valence-corrected chi connectivity index (χ0v) is 18.1. The van der Waals surface area contributed by atoms with Gasteiger partial charge in [-0.1, -0.05) is 66.2 Å². The van der Waals surface area contributed by atoms with Gasteiger partial charge in [-0.05, 0) is 36.6 Å². The predicted octanol–water partition coefficient (Wildman–Crippen LogP) is 5.26. The summed E-state index contributed by atoms with van der Waals surface area (Å²) in [7, 11) is 1.65. The number of para-hydroxylation sites is 2. The highest BCUT2D eigenvalue weighted by Gasteiger charge is 2.11. The summed E-state index contributed by atoms with van der Waals surface area (Å²) in [5.74, 6) is 0.836. The number of ether oxygens (including phenoxy) is 1. The lowest BCUT2D eigenvalue weighted by Crippen LogP contribution is -2.23. The Kier molecular flexibility index (Phi) is 6.37. The number of methoxy groups -OCH3 is 1. The number of fused-ring (bicyclic) bond motifs is 1. The van der Waals surface area contributed by atoms with Gasteiger partial charge in [0, 0.05) is 42.2 Å². The predicted molar refractivity (Wildman–Crippen MR) is 125 cm³/mol. The minimum atomic E-state index is 0.0428. The Morgan fingerprint density at radius 3 is 2.48 bits per heavy atom. The number of aryl methyl sites for hydroxylation is 2. The zero-order chi connectivity index (χ0) is 21.6. The van der Waals surface area contributed by atoms with Crippen LogP contribution in [0, 0.1) is 6.92 Å². The first-order chi connectivity index (χ1) is 15.1. The molecule has 0 aliphatic rings. The number of hydrogen-bond acceptors (Lipinski definition) is 2. The third-order valence-corrected chi connectivity index (χ3v) is 5.63. The lowest BCUT2D eigenvalue weighted by Gasteiger charge is -2.09. The van der Waals surface area contributed by atoms with Gasteiger partial charge >= 0.3 is 0 Å². The van der Waals surface area contributed by atoms with Crippen molar-refractivity contribution in [3.05, 3.63) is 101 Å². The van der Waals surface area contributed by atoms with Gasteiger partial charge in [0.15, 0.2) is 0 Å². The van der Waals surface area contributed by atoms with Gasteiger partial charge in [0.05, 0.1) is 7.11 Å². The molecule has 4 heteroatoms. The van der Waals surface area contributed by atoms with Gasteiger partial charge in [-0.3, -0.25) is 4.79 Å². The zero-order valence-electron chi connectivity index (χ0n) is 18.1. The normalized spacial score (nSPS) is 10.9. The summed E-state index contributed by atoms with van der Waals surface area (Å²) in [5.41, 5.74) is 5.92. The third kappa shape index (κ3) is 4.97. The van der Waals surface area contributed by atoms with E-state index in [1.807, 2.05) is 24.3 Å². The topological polar surface area (TPSA) is 43.3 Å². The molecule has 158 valence electrons. The lowest BCUT2D eigenvalue weighted by atomic mass is 10.1. The van der Waals surface area contributed by atoms with E-state index in [1.165, 1.54) is 27.6 Å². The van der Waals surface area contributed by atoms with Crippen molar-refractivity contribution >= 4 is 16.8 Å². The van der Waals surface area contributed by atoms with Crippen LogP contribution in [0.4, 0.5) is 0 Å². The van der Waals surface area contributed by atoms with Crippen molar-refractivity contribution in [3.8, 4) is 5.75 Å². The van der Waals surface area contributed by atoms with E-state index in [1.54, 1.807) is 7.11 Å². The summed E-state index contributed by atoms with van der Waals surface area (Å²) in [5, 5.41) is 4.23. The first kappa shape index (κ1) is 20.7. The van der Waals surface area contributed by atoms with E-state index in [0.29, 0.717) is 19.4 Å². The minimum absolute atomic E-state index is 0.0428. The van der Waals surface area contributed by atoms with Gasteiger partial charge in [-0.25, -0.2) is 0 Å². The van der Waals surface area contributed by atoms with Crippen LogP contribution in [0.3, 0.4) is 0 Å². The summed E-state index contributed by atoms with van der Waals surface area (Å²) in [6, 6.07) is 24.8. The fraction of sp³-hybridized carbons (Fsp3) is 0.222. The standard InChI is InChI=1S/C27H28N2O2/c1-20-11-13-21(14-12-20)18-29-19-23(24-8-4-5-9-25(24)29)15-16-27(30)28-17-22-7-3-6-10-26(22)31-2/h3-14,19H,15-18H2,1-2H3,(H,28,30).